The minimum Gasteiger partial charge on any atom is -0.465 e. The van der Waals surface area contributed by atoms with E-state index < -0.39 is 5.97 Å². The fourth-order valence-electron chi connectivity index (χ4n) is 2.93. The Morgan fingerprint density at radius 2 is 2.05 bits per heavy atom. The van der Waals surface area contributed by atoms with Gasteiger partial charge in [0.05, 0.1) is 36.3 Å². The summed E-state index contributed by atoms with van der Waals surface area (Å²) in [7, 11) is 1.36. The number of para-hydroxylation sites is 1. The fourth-order valence-corrected chi connectivity index (χ4v) is 2.93. The largest absolute Gasteiger partial charge is 0.465 e. The number of rotatable bonds is 2. The van der Waals surface area contributed by atoms with Crippen molar-refractivity contribution in [1.82, 2.24) is 0 Å². The molecule has 2 saturated heterocycles. The maximum absolute atomic E-state index is 11.7. The van der Waals surface area contributed by atoms with Crippen molar-refractivity contribution < 1.29 is 14.3 Å². The van der Waals surface area contributed by atoms with E-state index in [0.717, 1.165) is 31.6 Å². The minimum absolute atomic E-state index is 0.292. The summed E-state index contributed by atoms with van der Waals surface area (Å²) in [5.41, 5.74) is 7.95. The average molecular weight is 262 g/mol. The van der Waals surface area contributed by atoms with E-state index in [1.807, 2.05) is 12.1 Å². The summed E-state index contributed by atoms with van der Waals surface area (Å²) in [5, 5.41) is 0. The van der Waals surface area contributed by atoms with E-state index in [-0.39, 0.29) is 0 Å². The Morgan fingerprint density at radius 1 is 1.37 bits per heavy atom. The number of hydrogen-bond acceptors (Lipinski definition) is 5. The van der Waals surface area contributed by atoms with Gasteiger partial charge in [0.25, 0.3) is 0 Å². The van der Waals surface area contributed by atoms with E-state index in [9.17, 15) is 4.79 Å². The highest BCUT2D eigenvalue weighted by Crippen LogP contribution is 2.33. The molecule has 0 saturated carbocycles. The second-order valence-electron chi connectivity index (χ2n) is 5.09. The molecule has 0 radical (unpaired) electrons. The molecule has 3 rings (SSSR count). The van der Waals surface area contributed by atoms with Crippen LogP contribution in [0.5, 0.6) is 0 Å². The van der Waals surface area contributed by atoms with Crippen molar-refractivity contribution >= 4 is 17.3 Å². The highest BCUT2D eigenvalue weighted by molar-refractivity contribution is 5.98. The molecule has 0 aliphatic carbocycles. The molecule has 1 aromatic rings. The Kier molecular flexibility index (Phi) is 3.06. The van der Waals surface area contributed by atoms with Gasteiger partial charge in [-0.05, 0) is 25.0 Å². The summed E-state index contributed by atoms with van der Waals surface area (Å²) >= 11 is 0. The predicted molar refractivity (Wildman–Crippen MR) is 72.3 cm³/mol. The van der Waals surface area contributed by atoms with Gasteiger partial charge in [0.1, 0.15) is 0 Å². The van der Waals surface area contributed by atoms with Crippen LogP contribution in [0.2, 0.25) is 0 Å². The quantitative estimate of drug-likeness (QED) is 0.645. The number of ether oxygens (including phenoxy) is 2. The molecule has 2 atom stereocenters. The Hall–Kier alpha value is -1.75. The van der Waals surface area contributed by atoms with E-state index in [1.165, 1.54) is 7.11 Å². The van der Waals surface area contributed by atoms with Gasteiger partial charge >= 0.3 is 5.97 Å². The number of anilines is 2. The first-order valence-electron chi connectivity index (χ1n) is 6.56. The number of benzene rings is 1. The standard InChI is InChI=1S/C14H18N2O3/c1-18-14(17)11-3-2-4-12(13(11)15)16-7-9-5-6-10(8-16)19-9/h2-4,9-10H,5-8,15H2,1H3. The van der Waals surface area contributed by atoms with Crippen molar-refractivity contribution in [1.29, 1.82) is 0 Å². The van der Waals surface area contributed by atoms with Gasteiger partial charge in [-0.3, -0.25) is 0 Å². The molecule has 19 heavy (non-hydrogen) atoms. The summed E-state index contributed by atoms with van der Waals surface area (Å²) in [6.07, 6.45) is 2.80. The summed E-state index contributed by atoms with van der Waals surface area (Å²) in [6, 6.07) is 5.49. The molecular formula is C14H18N2O3. The number of hydrogen-bond donors (Lipinski definition) is 1. The van der Waals surface area contributed by atoms with Gasteiger partial charge in [0.2, 0.25) is 0 Å². The predicted octanol–water partition coefficient (Wildman–Crippen LogP) is 1.42. The van der Waals surface area contributed by atoms with Crippen molar-refractivity contribution in [2.75, 3.05) is 30.8 Å². The molecule has 2 N–H and O–H groups in total. The molecule has 0 spiro atoms. The number of methoxy groups -OCH3 is 1. The first kappa shape index (κ1) is 12.3. The summed E-state index contributed by atoms with van der Waals surface area (Å²) in [5.74, 6) is -0.393. The molecule has 102 valence electrons. The minimum atomic E-state index is -0.393. The topological polar surface area (TPSA) is 64.8 Å². The molecular weight excluding hydrogens is 244 g/mol. The highest BCUT2D eigenvalue weighted by atomic mass is 16.5. The summed E-state index contributed by atoms with van der Waals surface area (Å²) < 4.78 is 10.6. The number of carbonyl (C=O) groups excluding carboxylic acids is 1. The Morgan fingerprint density at radius 3 is 2.68 bits per heavy atom. The van der Waals surface area contributed by atoms with Crippen LogP contribution in [0.4, 0.5) is 11.4 Å². The van der Waals surface area contributed by atoms with Crippen LogP contribution in [0, 0.1) is 0 Å². The lowest BCUT2D eigenvalue weighted by Crippen LogP contribution is -2.43. The van der Waals surface area contributed by atoms with Gasteiger partial charge in [-0.2, -0.15) is 0 Å². The van der Waals surface area contributed by atoms with E-state index >= 15 is 0 Å². The van der Waals surface area contributed by atoms with Crippen LogP contribution in [0.3, 0.4) is 0 Å². The number of fused-ring (bicyclic) bond motifs is 2. The molecule has 5 nitrogen and oxygen atoms in total. The molecule has 2 aliphatic rings. The van der Waals surface area contributed by atoms with Crippen molar-refractivity contribution in [2.24, 2.45) is 0 Å². The normalized spacial score (nSPS) is 25.4. The number of carbonyl (C=O) groups is 1. The zero-order valence-electron chi connectivity index (χ0n) is 11.0. The van der Waals surface area contributed by atoms with Gasteiger partial charge in [0.15, 0.2) is 0 Å². The second kappa shape index (κ2) is 4.74. The molecule has 2 unspecified atom stereocenters. The molecule has 2 heterocycles. The van der Waals surface area contributed by atoms with Crippen molar-refractivity contribution in [3.05, 3.63) is 23.8 Å². The van der Waals surface area contributed by atoms with Crippen molar-refractivity contribution in [3.8, 4) is 0 Å². The molecule has 2 fully saturated rings. The van der Waals surface area contributed by atoms with Gasteiger partial charge in [0, 0.05) is 13.1 Å². The van der Waals surface area contributed by atoms with Crippen LogP contribution in [0.25, 0.3) is 0 Å². The van der Waals surface area contributed by atoms with Crippen LogP contribution in [0.15, 0.2) is 18.2 Å². The highest BCUT2D eigenvalue weighted by Gasteiger charge is 2.34. The summed E-state index contributed by atoms with van der Waals surface area (Å²) in [6.45, 7) is 1.68. The maximum atomic E-state index is 11.7. The molecule has 5 heteroatoms. The molecule has 2 bridgehead atoms. The molecule has 2 aliphatic heterocycles. The zero-order chi connectivity index (χ0) is 13.4. The number of nitrogens with two attached hydrogens (primary N) is 1. The maximum Gasteiger partial charge on any atom is 0.340 e. The zero-order valence-corrected chi connectivity index (χ0v) is 11.0. The summed E-state index contributed by atoms with van der Waals surface area (Å²) in [4.78, 5) is 13.9. The first-order valence-corrected chi connectivity index (χ1v) is 6.56. The number of nitrogen functional groups attached to an aromatic ring is 1. The fraction of sp³-hybridized carbons (Fsp3) is 0.500. The number of esters is 1. The Labute approximate surface area is 112 Å². The molecule has 0 amide bonds. The van der Waals surface area contributed by atoms with E-state index in [0.29, 0.717) is 23.5 Å². The van der Waals surface area contributed by atoms with Crippen LogP contribution >= 0.6 is 0 Å². The van der Waals surface area contributed by atoms with Gasteiger partial charge in [-0.15, -0.1) is 0 Å². The van der Waals surface area contributed by atoms with Crippen molar-refractivity contribution in [2.45, 2.75) is 25.0 Å². The average Bonchev–Trinajstić information content (AvgIpc) is 2.77. The van der Waals surface area contributed by atoms with Crippen LogP contribution in [-0.2, 0) is 9.47 Å². The third-order valence-electron chi connectivity index (χ3n) is 3.87. The number of morpholine rings is 1. The first-order chi connectivity index (χ1) is 9.19. The lowest BCUT2D eigenvalue weighted by molar-refractivity contribution is 0.0305. The Bertz CT molecular complexity index is 491. The van der Waals surface area contributed by atoms with Gasteiger partial charge in [-0.25, -0.2) is 4.79 Å². The van der Waals surface area contributed by atoms with E-state index in [1.54, 1.807) is 6.07 Å². The molecule has 1 aromatic carbocycles. The van der Waals surface area contributed by atoms with Gasteiger partial charge in [-0.1, -0.05) is 6.07 Å². The second-order valence-corrected chi connectivity index (χ2v) is 5.09. The van der Waals surface area contributed by atoms with Crippen LogP contribution in [-0.4, -0.2) is 38.4 Å². The van der Waals surface area contributed by atoms with Crippen LogP contribution in [0.1, 0.15) is 23.2 Å². The van der Waals surface area contributed by atoms with Gasteiger partial charge < -0.3 is 20.1 Å². The lowest BCUT2D eigenvalue weighted by atomic mass is 10.1. The van der Waals surface area contributed by atoms with Crippen LogP contribution < -0.4 is 10.6 Å². The SMILES string of the molecule is COC(=O)c1cccc(N2CC3CCC(C2)O3)c1N. The number of nitrogens with zero attached hydrogens (tertiary/aromatic N) is 1. The Balaban J connectivity index is 1.90. The van der Waals surface area contributed by atoms with E-state index in [2.05, 4.69) is 4.90 Å². The lowest BCUT2D eigenvalue weighted by Gasteiger charge is -2.34. The third kappa shape index (κ3) is 2.14. The molecule has 0 aromatic heterocycles. The van der Waals surface area contributed by atoms with Crippen molar-refractivity contribution in [3.63, 3.8) is 0 Å². The third-order valence-corrected chi connectivity index (χ3v) is 3.87. The monoisotopic (exact) mass is 262 g/mol. The smallest absolute Gasteiger partial charge is 0.340 e. The van der Waals surface area contributed by atoms with E-state index in [4.69, 9.17) is 15.2 Å².